The van der Waals surface area contributed by atoms with Crippen molar-refractivity contribution in [2.24, 2.45) is 5.92 Å². The maximum absolute atomic E-state index is 13.6. The highest BCUT2D eigenvalue weighted by atomic mass is 19.4. The molecule has 2 unspecified atom stereocenters. The van der Waals surface area contributed by atoms with Crippen molar-refractivity contribution in [3.63, 3.8) is 0 Å². The number of halogens is 3. The second kappa shape index (κ2) is 8.39. The summed E-state index contributed by atoms with van der Waals surface area (Å²) in [6, 6.07) is 28.3. The number of likely N-dealkylation sites (tertiary alicyclic amines) is 1. The fourth-order valence-electron chi connectivity index (χ4n) is 3.85. The van der Waals surface area contributed by atoms with Gasteiger partial charge in [0.15, 0.2) is 0 Å². The molecule has 1 aliphatic heterocycles. The van der Waals surface area contributed by atoms with Gasteiger partial charge in [0.05, 0.1) is 12.6 Å². The molecular weight excluding hydrogens is 375 g/mol. The highest BCUT2D eigenvalue weighted by Crippen LogP contribution is 2.45. The van der Waals surface area contributed by atoms with Crippen molar-refractivity contribution in [2.45, 2.75) is 25.1 Å². The average Bonchev–Trinajstić information content (AvgIpc) is 2.72. The van der Waals surface area contributed by atoms with E-state index in [9.17, 15) is 13.2 Å². The predicted octanol–water partition coefficient (Wildman–Crippen LogP) is 5.81. The van der Waals surface area contributed by atoms with Crippen LogP contribution in [0.5, 0.6) is 0 Å². The molecule has 2 nitrogen and oxygen atoms in total. The first kappa shape index (κ1) is 19.7. The van der Waals surface area contributed by atoms with Crippen molar-refractivity contribution >= 4 is 0 Å². The lowest BCUT2D eigenvalue weighted by atomic mass is 9.88. The molecule has 3 aromatic carbocycles. The van der Waals surface area contributed by atoms with Crippen LogP contribution < -0.4 is 0 Å². The van der Waals surface area contributed by atoms with Gasteiger partial charge in [0.2, 0.25) is 0 Å². The third-order valence-corrected chi connectivity index (χ3v) is 5.32. The molecule has 0 saturated carbocycles. The molecule has 1 heterocycles. The summed E-state index contributed by atoms with van der Waals surface area (Å²) < 4.78 is 46.7. The Hall–Kier alpha value is -2.63. The topological polar surface area (TPSA) is 12.5 Å². The summed E-state index contributed by atoms with van der Waals surface area (Å²) in [7, 11) is 0. The summed E-state index contributed by atoms with van der Waals surface area (Å²) >= 11 is 0. The molecule has 29 heavy (non-hydrogen) atoms. The van der Waals surface area contributed by atoms with Gasteiger partial charge in [-0.05, 0) is 16.7 Å². The molecule has 0 bridgehead atoms. The maximum atomic E-state index is 13.6. The van der Waals surface area contributed by atoms with Crippen molar-refractivity contribution in [1.82, 2.24) is 4.90 Å². The molecule has 4 rings (SSSR count). The van der Waals surface area contributed by atoms with Gasteiger partial charge in [-0.1, -0.05) is 91.0 Å². The lowest BCUT2D eigenvalue weighted by Crippen LogP contribution is -2.63. The van der Waals surface area contributed by atoms with Gasteiger partial charge in [-0.3, -0.25) is 4.90 Å². The van der Waals surface area contributed by atoms with Gasteiger partial charge in [-0.2, -0.15) is 13.2 Å². The Morgan fingerprint density at radius 1 is 0.793 bits per heavy atom. The Morgan fingerprint density at radius 3 is 1.76 bits per heavy atom. The van der Waals surface area contributed by atoms with Gasteiger partial charge in [0.25, 0.3) is 0 Å². The van der Waals surface area contributed by atoms with E-state index in [1.54, 1.807) is 0 Å². The first-order valence-corrected chi connectivity index (χ1v) is 9.62. The lowest BCUT2D eigenvalue weighted by molar-refractivity contribution is -0.295. The van der Waals surface area contributed by atoms with E-state index in [-0.39, 0.29) is 19.2 Å². The van der Waals surface area contributed by atoms with Crippen LogP contribution in [0, 0.1) is 5.92 Å². The van der Waals surface area contributed by atoms with Crippen molar-refractivity contribution < 1.29 is 17.9 Å². The summed E-state index contributed by atoms with van der Waals surface area (Å²) in [6.45, 7) is 0.0578. The normalized spacial score (nSPS) is 19.9. The maximum Gasteiger partial charge on any atom is 0.396 e. The molecule has 0 spiro atoms. The number of rotatable bonds is 6. The van der Waals surface area contributed by atoms with Gasteiger partial charge in [0, 0.05) is 6.54 Å². The largest absolute Gasteiger partial charge is 0.396 e. The molecule has 5 heteroatoms. The summed E-state index contributed by atoms with van der Waals surface area (Å²) in [4.78, 5) is 1.81. The highest BCUT2D eigenvalue weighted by molar-refractivity contribution is 5.32. The van der Waals surface area contributed by atoms with Crippen LogP contribution in [0.1, 0.15) is 22.7 Å². The van der Waals surface area contributed by atoms with E-state index in [2.05, 4.69) is 0 Å². The molecular formula is C24H22F3NO. The molecule has 0 N–H and O–H groups in total. The standard InChI is InChI=1S/C24H22F3NO/c25-24(26,27)21-16-28(23(21)29-17-18-10-4-1-5-11-18)22(19-12-6-2-7-13-19)20-14-8-3-9-15-20/h1-15,21-23H,16-17H2. The van der Waals surface area contributed by atoms with E-state index in [0.717, 1.165) is 16.7 Å². The van der Waals surface area contributed by atoms with E-state index in [1.165, 1.54) is 0 Å². The molecule has 1 aliphatic rings. The van der Waals surface area contributed by atoms with Crippen LogP contribution in [0.25, 0.3) is 0 Å². The zero-order valence-corrected chi connectivity index (χ0v) is 15.8. The number of benzene rings is 3. The van der Waals surface area contributed by atoms with Crippen molar-refractivity contribution in [1.29, 1.82) is 0 Å². The molecule has 1 saturated heterocycles. The number of ether oxygens (including phenoxy) is 1. The Balaban J connectivity index is 1.63. The van der Waals surface area contributed by atoms with Crippen molar-refractivity contribution in [3.8, 4) is 0 Å². The smallest absolute Gasteiger partial charge is 0.358 e. The number of alkyl halides is 3. The van der Waals surface area contributed by atoms with Crippen LogP contribution in [-0.4, -0.2) is 23.8 Å². The summed E-state index contributed by atoms with van der Waals surface area (Å²) in [5.74, 6) is -1.50. The minimum atomic E-state index is -4.30. The zero-order chi connectivity index (χ0) is 20.3. The molecule has 0 radical (unpaired) electrons. The van der Waals surface area contributed by atoms with Gasteiger partial charge < -0.3 is 4.74 Å². The summed E-state index contributed by atoms with van der Waals surface area (Å²) in [5, 5.41) is 0. The quantitative estimate of drug-likeness (QED) is 0.520. The SMILES string of the molecule is FC(F)(F)C1CN(C(c2ccccc2)c2ccccc2)C1OCc1ccccc1. The monoisotopic (exact) mass is 397 g/mol. The fourth-order valence-corrected chi connectivity index (χ4v) is 3.85. The first-order valence-electron chi connectivity index (χ1n) is 9.62. The van der Waals surface area contributed by atoms with Crippen LogP contribution in [0.15, 0.2) is 91.0 Å². The molecule has 150 valence electrons. The third-order valence-electron chi connectivity index (χ3n) is 5.32. The predicted molar refractivity (Wildman–Crippen MR) is 106 cm³/mol. The highest BCUT2D eigenvalue weighted by Gasteiger charge is 2.57. The van der Waals surface area contributed by atoms with E-state index < -0.39 is 18.3 Å². The molecule has 1 fully saturated rings. The van der Waals surface area contributed by atoms with Crippen molar-refractivity contribution in [3.05, 3.63) is 108 Å². The molecule has 2 atom stereocenters. The van der Waals surface area contributed by atoms with E-state index in [1.807, 2.05) is 95.9 Å². The molecule has 3 aromatic rings. The molecule has 0 aliphatic carbocycles. The van der Waals surface area contributed by atoms with Crippen LogP contribution in [-0.2, 0) is 11.3 Å². The number of hydrogen-bond acceptors (Lipinski definition) is 2. The van der Waals surface area contributed by atoms with Crippen LogP contribution in [0.2, 0.25) is 0 Å². The van der Waals surface area contributed by atoms with Gasteiger partial charge in [0.1, 0.15) is 12.1 Å². The van der Waals surface area contributed by atoms with Gasteiger partial charge in [-0.25, -0.2) is 0 Å². The number of nitrogens with zero attached hydrogens (tertiary/aromatic N) is 1. The van der Waals surface area contributed by atoms with Crippen LogP contribution in [0.4, 0.5) is 13.2 Å². The van der Waals surface area contributed by atoms with E-state index in [4.69, 9.17) is 4.74 Å². The minimum Gasteiger partial charge on any atom is -0.358 e. The van der Waals surface area contributed by atoms with E-state index >= 15 is 0 Å². The first-order chi connectivity index (χ1) is 14.0. The summed E-state index contributed by atoms with van der Waals surface area (Å²) in [5.41, 5.74) is 2.76. The lowest BCUT2D eigenvalue weighted by Gasteiger charge is -2.51. The minimum absolute atomic E-state index is 0.0859. The van der Waals surface area contributed by atoms with Crippen molar-refractivity contribution in [2.75, 3.05) is 6.54 Å². The van der Waals surface area contributed by atoms with Gasteiger partial charge >= 0.3 is 6.18 Å². The Labute approximate surface area is 168 Å². The van der Waals surface area contributed by atoms with Crippen LogP contribution in [0.3, 0.4) is 0 Å². The zero-order valence-electron chi connectivity index (χ0n) is 15.8. The summed E-state index contributed by atoms with van der Waals surface area (Å²) in [6.07, 6.45) is -5.32. The Bertz CT molecular complexity index is 860. The molecule has 0 aromatic heterocycles. The second-order valence-electron chi connectivity index (χ2n) is 7.26. The molecule has 0 amide bonds. The average molecular weight is 397 g/mol. The second-order valence-corrected chi connectivity index (χ2v) is 7.26. The number of hydrogen-bond donors (Lipinski definition) is 0. The van der Waals surface area contributed by atoms with Gasteiger partial charge in [-0.15, -0.1) is 0 Å². The third kappa shape index (κ3) is 4.36. The Kier molecular flexibility index (Phi) is 5.69. The Morgan fingerprint density at radius 2 is 1.28 bits per heavy atom. The fraction of sp³-hybridized carbons (Fsp3) is 0.250. The van der Waals surface area contributed by atoms with E-state index in [0.29, 0.717) is 0 Å². The van der Waals surface area contributed by atoms with Crippen LogP contribution >= 0.6 is 0 Å².